The molecule has 0 bridgehead atoms. The Bertz CT molecular complexity index is 967. The van der Waals surface area contributed by atoms with Crippen LogP contribution in [-0.4, -0.2) is 37.3 Å². The van der Waals surface area contributed by atoms with Crippen LogP contribution in [0.3, 0.4) is 0 Å². The summed E-state index contributed by atoms with van der Waals surface area (Å²) in [5, 5.41) is 0.644. The van der Waals surface area contributed by atoms with Crippen molar-refractivity contribution in [3.8, 4) is 5.75 Å². The summed E-state index contributed by atoms with van der Waals surface area (Å²) in [5.41, 5.74) is 1.57. The molecular formula is C21H21FN2O3S. The van der Waals surface area contributed by atoms with Gasteiger partial charge in [-0.25, -0.2) is 9.37 Å². The van der Waals surface area contributed by atoms with Gasteiger partial charge in [-0.15, -0.1) is 0 Å². The molecule has 0 saturated carbocycles. The highest BCUT2D eigenvalue weighted by Crippen LogP contribution is 2.32. The van der Waals surface area contributed by atoms with Gasteiger partial charge in [0.15, 0.2) is 5.13 Å². The molecule has 3 aromatic rings. The van der Waals surface area contributed by atoms with Crippen LogP contribution in [0.5, 0.6) is 5.75 Å². The number of rotatable bonds is 6. The van der Waals surface area contributed by atoms with Crippen molar-refractivity contribution in [2.75, 3.05) is 25.2 Å². The number of nitrogens with zero attached hydrogens (tertiary/aromatic N) is 2. The fourth-order valence-electron chi connectivity index (χ4n) is 3.29. The summed E-state index contributed by atoms with van der Waals surface area (Å²) in [7, 11) is 1.62. The molecule has 4 rings (SSSR count). The van der Waals surface area contributed by atoms with Gasteiger partial charge in [-0.2, -0.15) is 0 Å². The monoisotopic (exact) mass is 400 g/mol. The third-order valence-electron chi connectivity index (χ3n) is 4.79. The molecule has 0 N–H and O–H groups in total. The first kappa shape index (κ1) is 18.8. The minimum Gasteiger partial charge on any atom is -0.497 e. The predicted molar refractivity (Wildman–Crippen MR) is 108 cm³/mol. The molecule has 146 valence electrons. The van der Waals surface area contributed by atoms with E-state index in [1.54, 1.807) is 24.1 Å². The summed E-state index contributed by atoms with van der Waals surface area (Å²) in [6.07, 6.45) is 2.13. The van der Waals surface area contributed by atoms with Crippen molar-refractivity contribution >= 4 is 32.6 Å². The predicted octanol–water partition coefficient (Wildman–Crippen LogP) is 4.20. The van der Waals surface area contributed by atoms with E-state index in [-0.39, 0.29) is 24.2 Å². The van der Waals surface area contributed by atoms with Crippen molar-refractivity contribution in [2.45, 2.75) is 25.4 Å². The van der Waals surface area contributed by atoms with Crippen LogP contribution < -0.4 is 9.64 Å². The van der Waals surface area contributed by atoms with E-state index in [0.29, 0.717) is 11.7 Å². The van der Waals surface area contributed by atoms with Gasteiger partial charge in [-0.1, -0.05) is 23.5 Å². The minimum atomic E-state index is -0.312. The normalized spacial score (nSPS) is 16.4. The SMILES string of the molecule is COc1ccc2sc(N(CC3CCCO3)C(=O)Cc3ccc(F)cc3)nc2c1. The molecule has 1 unspecified atom stereocenters. The Morgan fingerprint density at radius 3 is 2.86 bits per heavy atom. The summed E-state index contributed by atoms with van der Waals surface area (Å²) in [5.74, 6) is 0.341. The molecule has 0 spiro atoms. The molecule has 0 aliphatic carbocycles. The van der Waals surface area contributed by atoms with Crippen LogP contribution in [0.4, 0.5) is 9.52 Å². The Balaban J connectivity index is 1.62. The van der Waals surface area contributed by atoms with Gasteiger partial charge in [0, 0.05) is 12.7 Å². The van der Waals surface area contributed by atoms with Gasteiger partial charge >= 0.3 is 0 Å². The molecule has 1 aromatic heterocycles. The maximum absolute atomic E-state index is 13.2. The van der Waals surface area contributed by atoms with E-state index < -0.39 is 0 Å². The maximum Gasteiger partial charge on any atom is 0.233 e. The van der Waals surface area contributed by atoms with Crippen molar-refractivity contribution in [2.24, 2.45) is 0 Å². The number of anilines is 1. The number of thiazole rings is 1. The molecule has 1 aliphatic rings. The van der Waals surface area contributed by atoms with Crippen molar-refractivity contribution < 1.29 is 18.7 Å². The quantitative estimate of drug-likeness (QED) is 0.622. The molecular weight excluding hydrogens is 379 g/mol. The van der Waals surface area contributed by atoms with E-state index in [4.69, 9.17) is 9.47 Å². The van der Waals surface area contributed by atoms with E-state index in [9.17, 15) is 9.18 Å². The number of carbonyl (C=O) groups is 1. The lowest BCUT2D eigenvalue weighted by Gasteiger charge is -2.23. The summed E-state index contributed by atoms with van der Waals surface area (Å²) >= 11 is 1.47. The minimum absolute atomic E-state index is 0.0127. The first-order chi connectivity index (χ1) is 13.6. The van der Waals surface area contributed by atoms with Crippen LogP contribution in [0.2, 0.25) is 0 Å². The Morgan fingerprint density at radius 2 is 2.14 bits per heavy atom. The maximum atomic E-state index is 13.2. The van der Waals surface area contributed by atoms with Gasteiger partial charge in [0.1, 0.15) is 11.6 Å². The van der Waals surface area contributed by atoms with Gasteiger partial charge in [-0.3, -0.25) is 9.69 Å². The lowest BCUT2D eigenvalue weighted by Crippen LogP contribution is -2.38. The number of hydrogen-bond acceptors (Lipinski definition) is 5. The van der Waals surface area contributed by atoms with Crippen molar-refractivity contribution in [1.82, 2.24) is 4.98 Å². The number of aromatic nitrogens is 1. The standard InChI is InChI=1S/C21H21FN2O3S/c1-26-16-8-9-19-18(12-16)23-21(28-19)24(13-17-3-2-10-27-17)20(25)11-14-4-6-15(22)7-5-14/h4-9,12,17H,2-3,10-11,13H2,1H3. The topological polar surface area (TPSA) is 51.7 Å². The number of halogens is 1. The Labute approximate surface area is 166 Å². The fraction of sp³-hybridized carbons (Fsp3) is 0.333. The van der Waals surface area contributed by atoms with Crippen LogP contribution >= 0.6 is 11.3 Å². The highest BCUT2D eigenvalue weighted by molar-refractivity contribution is 7.22. The molecule has 5 nitrogen and oxygen atoms in total. The molecule has 0 radical (unpaired) electrons. The number of benzene rings is 2. The zero-order valence-electron chi connectivity index (χ0n) is 15.6. The van der Waals surface area contributed by atoms with Gasteiger partial charge in [-0.05, 0) is 42.7 Å². The van der Waals surface area contributed by atoms with Gasteiger partial charge in [0.2, 0.25) is 5.91 Å². The van der Waals surface area contributed by atoms with Crippen LogP contribution in [-0.2, 0) is 16.0 Å². The lowest BCUT2D eigenvalue weighted by molar-refractivity contribution is -0.118. The number of hydrogen-bond donors (Lipinski definition) is 0. The number of ether oxygens (including phenoxy) is 2. The van der Waals surface area contributed by atoms with E-state index in [2.05, 4.69) is 4.98 Å². The summed E-state index contributed by atoms with van der Waals surface area (Å²) in [4.78, 5) is 19.5. The van der Waals surface area contributed by atoms with Crippen LogP contribution in [0.15, 0.2) is 42.5 Å². The van der Waals surface area contributed by atoms with Crippen molar-refractivity contribution in [3.05, 3.63) is 53.8 Å². The third kappa shape index (κ3) is 4.15. The second kappa shape index (κ2) is 8.24. The van der Waals surface area contributed by atoms with Gasteiger partial charge in [0.25, 0.3) is 0 Å². The smallest absolute Gasteiger partial charge is 0.233 e. The molecule has 1 amide bonds. The van der Waals surface area contributed by atoms with E-state index >= 15 is 0 Å². The number of amides is 1. The lowest BCUT2D eigenvalue weighted by atomic mass is 10.1. The molecule has 1 saturated heterocycles. The van der Waals surface area contributed by atoms with Gasteiger partial charge in [0.05, 0.1) is 36.4 Å². The zero-order valence-corrected chi connectivity index (χ0v) is 16.4. The first-order valence-corrected chi connectivity index (χ1v) is 10.0. The average Bonchev–Trinajstić information content (AvgIpc) is 3.36. The zero-order chi connectivity index (χ0) is 19.5. The van der Waals surface area contributed by atoms with Crippen LogP contribution in [0, 0.1) is 5.82 Å². The number of fused-ring (bicyclic) bond motifs is 1. The molecule has 2 aromatic carbocycles. The van der Waals surface area contributed by atoms with E-state index in [0.717, 1.165) is 41.0 Å². The van der Waals surface area contributed by atoms with Crippen molar-refractivity contribution in [1.29, 1.82) is 0 Å². The molecule has 1 aliphatic heterocycles. The largest absolute Gasteiger partial charge is 0.497 e. The summed E-state index contributed by atoms with van der Waals surface area (Å²) in [6, 6.07) is 11.7. The Kier molecular flexibility index (Phi) is 5.54. The third-order valence-corrected chi connectivity index (χ3v) is 5.85. The van der Waals surface area contributed by atoms with E-state index in [1.165, 1.54) is 23.5 Å². The molecule has 1 fully saturated rings. The van der Waals surface area contributed by atoms with E-state index in [1.807, 2.05) is 18.2 Å². The molecule has 2 heterocycles. The second-order valence-electron chi connectivity index (χ2n) is 6.77. The first-order valence-electron chi connectivity index (χ1n) is 9.23. The van der Waals surface area contributed by atoms with Crippen LogP contribution in [0.25, 0.3) is 10.2 Å². The Morgan fingerprint density at radius 1 is 1.32 bits per heavy atom. The second-order valence-corrected chi connectivity index (χ2v) is 7.78. The fourth-order valence-corrected chi connectivity index (χ4v) is 4.26. The molecule has 1 atom stereocenters. The van der Waals surface area contributed by atoms with Crippen LogP contribution in [0.1, 0.15) is 18.4 Å². The number of methoxy groups -OCH3 is 1. The highest BCUT2D eigenvalue weighted by Gasteiger charge is 2.26. The molecule has 7 heteroatoms. The Hall–Kier alpha value is -2.51. The van der Waals surface area contributed by atoms with Crippen molar-refractivity contribution in [3.63, 3.8) is 0 Å². The summed E-state index contributed by atoms with van der Waals surface area (Å²) in [6.45, 7) is 1.19. The molecule has 28 heavy (non-hydrogen) atoms. The summed E-state index contributed by atoms with van der Waals surface area (Å²) < 4.78 is 25.2. The average molecular weight is 400 g/mol. The highest BCUT2D eigenvalue weighted by atomic mass is 32.1. The van der Waals surface area contributed by atoms with Gasteiger partial charge < -0.3 is 9.47 Å². The number of carbonyl (C=O) groups excluding carboxylic acids is 1.